The Balaban J connectivity index is 1.43. The van der Waals surface area contributed by atoms with E-state index >= 15 is 0 Å². The molecule has 2 N–H and O–H groups in total. The molecule has 0 amide bonds. The summed E-state index contributed by atoms with van der Waals surface area (Å²) in [5.74, 6) is 0.0982. The van der Waals surface area contributed by atoms with Gasteiger partial charge in [0.05, 0.1) is 35.1 Å². The number of fused-ring (bicyclic) bond motifs is 2. The van der Waals surface area contributed by atoms with Crippen LogP contribution in [0, 0.1) is 0 Å². The van der Waals surface area contributed by atoms with Gasteiger partial charge in [0, 0.05) is 34.6 Å². The molecule has 8 heteroatoms. The van der Waals surface area contributed by atoms with Crippen LogP contribution in [0.1, 0.15) is 48.5 Å². The van der Waals surface area contributed by atoms with Crippen molar-refractivity contribution in [1.82, 2.24) is 15.3 Å². The third kappa shape index (κ3) is 5.89. The number of aromatic nitrogens is 2. The lowest BCUT2D eigenvalue weighted by Gasteiger charge is -2.27. The smallest absolute Gasteiger partial charge is 0.303 e. The van der Waals surface area contributed by atoms with E-state index in [1.165, 1.54) is 0 Å². The number of hydrogen-bond donors (Lipinski definition) is 2. The Morgan fingerprint density at radius 2 is 1.86 bits per heavy atom. The number of hydrogen-bond acceptors (Lipinski definition) is 5. The number of nitrogens with zero attached hydrogens (tertiary/aromatic N) is 2. The number of halogens is 1. The van der Waals surface area contributed by atoms with Gasteiger partial charge in [0.25, 0.3) is 0 Å². The molecule has 0 radical (unpaired) electrons. The highest BCUT2D eigenvalue weighted by atomic mass is 35.5. The molecule has 37 heavy (non-hydrogen) atoms. The average Bonchev–Trinajstić information content (AvgIpc) is 2.91. The molecule has 0 fully saturated rings. The molecule has 0 aliphatic carbocycles. The Morgan fingerprint density at radius 3 is 2.68 bits per heavy atom. The fraction of sp³-hybridized carbons (Fsp3) is 0.241. The first kappa shape index (κ1) is 25.1. The highest BCUT2D eigenvalue weighted by Crippen LogP contribution is 2.32. The number of unbranched alkanes of at least 4 members (excludes halogenated alkanes) is 1. The Morgan fingerprint density at radius 1 is 1.05 bits per heavy atom. The van der Waals surface area contributed by atoms with Crippen molar-refractivity contribution in [3.8, 4) is 17.0 Å². The number of para-hydroxylation sites is 1. The van der Waals surface area contributed by atoms with Crippen molar-refractivity contribution in [2.45, 2.75) is 38.1 Å². The van der Waals surface area contributed by atoms with Gasteiger partial charge in [-0.25, -0.2) is 9.97 Å². The number of aliphatic carboxylic acids is 1. The van der Waals surface area contributed by atoms with Crippen LogP contribution >= 0.6 is 23.8 Å². The minimum atomic E-state index is -0.791. The summed E-state index contributed by atoms with van der Waals surface area (Å²) >= 11 is 11.9. The van der Waals surface area contributed by atoms with Gasteiger partial charge < -0.3 is 15.2 Å². The zero-order valence-corrected chi connectivity index (χ0v) is 21.7. The number of thiocarbonyl (C=S) groups is 1. The topological polar surface area (TPSA) is 84.3 Å². The Labute approximate surface area is 225 Å². The summed E-state index contributed by atoms with van der Waals surface area (Å²) in [6, 6.07) is 21.5. The summed E-state index contributed by atoms with van der Waals surface area (Å²) in [7, 11) is 0. The maximum Gasteiger partial charge on any atom is 0.303 e. The molecule has 1 aliphatic rings. The molecule has 1 atom stereocenters. The largest absolute Gasteiger partial charge is 0.493 e. The molecule has 1 aliphatic heterocycles. The highest BCUT2D eigenvalue weighted by Gasteiger charge is 2.22. The Kier molecular flexibility index (Phi) is 7.63. The zero-order valence-electron chi connectivity index (χ0n) is 20.1. The third-order valence-corrected chi connectivity index (χ3v) is 7.04. The molecule has 188 valence electrons. The summed E-state index contributed by atoms with van der Waals surface area (Å²) in [5, 5.41) is 13.2. The molecule has 0 saturated heterocycles. The molecule has 4 aromatic rings. The van der Waals surface area contributed by atoms with E-state index in [1.54, 1.807) is 0 Å². The summed E-state index contributed by atoms with van der Waals surface area (Å²) < 4.78 is 5.78. The summed E-state index contributed by atoms with van der Waals surface area (Å²) in [5.41, 5.74) is 6.03. The average molecular weight is 532 g/mol. The van der Waals surface area contributed by atoms with Crippen LogP contribution in [-0.4, -0.2) is 32.6 Å². The van der Waals surface area contributed by atoms with Crippen LogP contribution in [0.2, 0.25) is 5.02 Å². The monoisotopic (exact) mass is 531 g/mol. The lowest BCUT2D eigenvalue weighted by atomic mass is 10.00. The maximum atomic E-state index is 11.0. The first-order valence-corrected chi connectivity index (χ1v) is 13.1. The molecule has 0 bridgehead atoms. The predicted molar refractivity (Wildman–Crippen MR) is 149 cm³/mol. The highest BCUT2D eigenvalue weighted by molar-refractivity contribution is 7.80. The summed E-state index contributed by atoms with van der Waals surface area (Å²) in [6.45, 7) is 0.638. The second-order valence-electron chi connectivity index (χ2n) is 9.03. The van der Waals surface area contributed by atoms with Gasteiger partial charge >= 0.3 is 5.97 Å². The van der Waals surface area contributed by atoms with Crippen molar-refractivity contribution in [2.24, 2.45) is 0 Å². The van der Waals surface area contributed by atoms with E-state index in [-0.39, 0.29) is 12.5 Å². The van der Waals surface area contributed by atoms with Gasteiger partial charge in [-0.2, -0.15) is 0 Å². The van der Waals surface area contributed by atoms with Gasteiger partial charge in [0.2, 0.25) is 0 Å². The van der Waals surface area contributed by atoms with Crippen LogP contribution in [0.4, 0.5) is 0 Å². The molecule has 3 aromatic carbocycles. The number of carbonyl (C=O) groups is 1. The fourth-order valence-electron chi connectivity index (χ4n) is 4.55. The molecule has 1 aromatic heterocycles. The molecular weight excluding hydrogens is 506 g/mol. The number of rotatable bonds is 8. The normalized spacial score (nSPS) is 14.6. The molecule has 1 unspecified atom stereocenters. The van der Waals surface area contributed by atoms with Crippen molar-refractivity contribution >= 4 is 45.8 Å². The van der Waals surface area contributed by atoms with E-state index in [1.807, 2.05) is 60.7 Å². The number of carboxylic acid groups (broad SMARTS) is 1. The number of benzene rings is 3. The van der Waals surface area contributed by atoms with Crippen molar-refractivity contribution in [2.75, 3.05) is 6.61 Å². The Hall–Kier alpha value is -3.55. The van der Waals surface area contributed by atoms with Gasteiger partial charge in [-0.05, 0) is 55.7 Å². The van der Waals surface area contributed by atoms with E-state index in [9.17, 15) is 4.79 Å². The van der Waals surface area contributed by atoms with E-state index in [0.717, 1.165) is 51.3 Å². The van der Waals surface area contributed by atoms with Gasteiger partial charge in [-0.15, -0.1) is 0 Å². The molecular formula is C29H26ClN3O3S. The Bertz CT molecular complexity index is 1460. The van der Waals surface area contributed by atoms with E-state index in [2.05, 4.69) is 11.4 Å². The number of nitrogens with one attached hydrogen (secondary N) is 1. The van der Waals surface area contributed by atoms with Crippen molar-refractivity contribution in [3.63, 3.8) is 0 Å². The fourth-order valence-corrected chi connectivity index (χ4v) is 4.94. The molecule has 0 spiro atoms. The van der Waals surface area contributed by atoms with E-state index < -0.39 is 5.97 Å². The van der Waals surface area contributed by atoms with Crippen LogP contribution < -0.4 is 10.1 Å². The van der Waals surface area contributed by atoms with Gasteiger partial charge in [0.15, 0.2) is 0 Å². The maximum absolute atomic E-state index is 11.0. The molecule has 5 rings (SSSR count). The minimum absolute atomic E-state index is 0.0799. The van der Waals surface area contributed by atoms with Crippen LogP contribution in [0.3, 0.4) is 0 Å². The van der Waals surface area contributed by atoms with Gasteiger partial charge in [-0.1, -0.05) is 54.2 Å². The van der Waals surface area contributed by atoms with Crippen molar-refractivity contribution < 1.29 is 14.6 Å². The predicted octanol–water partition coefficient (Wildman–Crippen LogP) is 6.54. The standard InChI is InChI=1S/C29H26ClN3O3S/c30-20-12-9-18(10-13-20)28-24(6-2-4-8-27(34)35)31-25-17-19(11-14-23(25)32-28)29(37)33-22-15-16-36-26-7-3-1-5-21(22)26/h1,3,5,7,9-14,17,22H,2,4,6,8,15-16H2,(H,33,37)(H,34,35). The second kappa shape index (κ2) is 11.2. The quantitative estimate of drug-likeness (QED) is 0.197. The van der Waals surface area contributed by atoms with E-state index in [0.29, 0.717) is 35.9 Å². The summed E-state index contributed by atoms with van der Waals surface area (Å²) in [4.78, 5) is 21.5. The molecule has 6 nitrogen and oxygen atoms in total. The van der Waals surface area contributed by atoms with Crippen LogP contribution in [0.5, 0.6) is 5.75 Å². The third-order valence-electron chi connectivity index (χ3n) is 6.43. The second-order valence-corrected chi connectivity index (χ2v) is 9.88. The lowest BCUT2D eigenvalue weighted by molar-refractivity contribution is -0.137. The minimum Gasteiger partial charge on any atom is -0.493 e. The molecule has 0 saturated carbocycles. The zero-order chi connectivity index (χ0) is 25.8. The van der Waals surface area contributed by atoms with E-state index in [4.69, 9.17) is 43.6 Å². The van der Waals surface area contributed by atoms with Crippen molar-refractivity contribution in [1.29, 1.82) is 0 Å². The van der Waals surface area contributed by atoms with Gasteiger partial charge in [0.1, 0.15) is 10.7 Å². The summed E-state index contributed by atoms with van der Waals surface area (Å²) in [6.07, 6.45) is 2.87. The van der Waals surface area contributed by atoms with Crippen LogP contribution in [0.15, 0.2) is 66.7 Å². The number of aryl methyl sites for hydroxylation is 1. The first-order chi connectivity index (χ1) is 18.0. The van der Waals surface area contributed by atoms with Crippen LogP contribution in [0.25, 0.3) is 22.3 Å². The lowest BCUT2D eigenvalue weighted by Crippen LogP contribution is -2.31. The SMILES string of the molecule is O=C(O)CCCCc1nc2cc(C(=S)NC3CCOc4ccccc43)ccc2nc1-c1ccc(Cl)cc1. The van der Waals surface area contributed by atoms with Crippen LogP contribution in [-0.2, 0) is 11.2 Å². The van der Waals surface area contributed by atoms with Crippen molar-refractivity contribution in [3.05, 3.63) is 88.6 Å². The first-order valence-electron chi connectivity index (χ1n) is 12.3. The molecule has 2 heterocycles. The number of ether oxygens (including phenoxy) is 1. The number of carboxylic acids is 1. The van der Waals surface area contributed by atoms with Gasteiger partial charge in [-0.3, -0.25) is 4.79 Å².